The monoisotopic (exact) mass is 310 g/mol. The van der Waals surface area contributed by atoms with Crippen LogP contribution in [0.2, 0.25) is 0 Å². The van der Waals surface area contributed by atoms with E-state index in [9.17, 15) is 4.79 Å². The van der Waals surface area contributed by atoms with E-state index in [1.54, 1.807) is 12.5 Å². The zero-order chi connectivity index (χ0) is 15.6. The Morgan fingerprint density at radius 2 is 2.17 bits per heavy atom. The van der Waals surface area contributed by atoms with E-state index in [1.165, 1.54) is 19.3 Å². The molecule has 4 heteroatoms. The molecule has 2 aliphatic carbocycles. The minimum absolute atomic E-state index is 0.209. The molecule has 4 rings (SSSR count). The second-order valence-electron chi connectivity index (χ2n) is 6.92. The van der Waals surface area contributed by atoms with Crippen LogP contribution in [0.5, 0.6) is 0 Å². The molecule has 23 heavy (non-hydrogen) atoms. The van der Waals surface area contributed by atoms with E-state index in [2.05, 4.69) is 4.98 Å². The largest absolute Gasteiger partial charge is 0.467 e. The molecule has 0 N–H and O–H groups in total. The van der Waals surface area contributed by atoms with Crippen molar-refractivity contribution in [2.45, 2.75) is 38.8 Å². The summed E-state index contributed by atoms with van der Waals surface area (Å²) >= 11 is 0. The summed E-state index contributed by atoms with van der Waals surface area (Å²) in [5.41, 5.74) is 1.07. The van der Waals surface area contributed by atoms with Crippen molar-refractivity contribution in [3.63, 3.8) is 0 Å². The van der Waals surface area contributed by atoms with E-state index in [-0.39, 0.29) is 11.8 Å². The third kappa shape index (κ3) is 3.03. The summed E-state index contributed by atoms with van der Waals surface area (Å²) in [4.78, 5) is 19.2. The van der Waals surface area contributed by atoms with Crippen LogP contribution in [0.3, 0.4) is 0 Å². The molecule has 0 aromatic carbocycles. The molecule has 0 radical (unpaired) electrons. The first-order chi connectivity index (χ1) is 11.3. The van der Waals surface area contributed by atoms with Crippen molar-refractivity contribution in [1.29, 1.82) is 0 Å². The summed E-state index contributed by atoms with van der Waals surface area (Å²) in [6.07, 6.45) is 10.1. The predicted octanol–water partition coefficient (Wildman–Crippen LogP) is 3.64. The first kappa shape index (κ1) is 14.5. The van der Waals surface area contributed by atoms with Crippen molar-refractivity contribution in [2.75, 3.05) is 0 Å². The van der Waals surface area contributed by atoms with Gasteiger partial charge in [0.05, 0.1) is 12.8 Å². The Morgan fingerprint density at radius 1 is 1.22 bits per heavy atom. The number of rotatable bonds is 5. The normalized spacial score (nSPS) is 25.7. The molecule has 0 aliphatic heterocycles. The highest BCUT2D eigenvalue weighted by molar-refractivity contribution is 5.79. The lowest BCUT2D eigenvalue weighted by atomic mass is 9.87. The third-order valence-electron chi connectivity index (χ3n) is 5.39. The Labute approximate surface area is 136 Å². The number of carbonyl (C=O) groups excluding carboxylic acids is 1. The van der Waals surface area contributed by atoms with E-state index in [1.807, 2.05) is 35.4 Å². The van der Waals surface area contributed by atoms with Crippen LogP contribution in [-0.4, -0.2) is 15.8 Å². The molecule has 0 saturated heterocycles. The van der Waals surface area contributed by atoms with Crippen LogP contribution < -0.4 is 0 Å². The second-order valence-corrected chi connectivity index (χ2v) is 6.92. The van der Waals surface area contributed by atoms with E-state index >= 15 is 0 Å². The average molecular weight is 310 g/mol. The van der Waals surface area contributed by atoms with Gasteiger partial charge in [-0.05, 0) is 54.9 Å². The third-order valence-corrected chi connectivity index (χ3v) is 5.39. The molecule has 4 nitrogen and oxygen atoms in total. The number of hydrogen-bond acceptors (Lipinski definition) is 3. The van der Waals surface area contributed by atoms with Crippen molar-refractivity contribution >= 4 is 5.91 Å². The molecular weight excluding hydrogens is 288 g/mol. The number of nitrogens with zero attached hydrogens (tertiary/aromatic N) is 2. The first-order valence-electron chi connectivity index (χ1n) is 8.49. The summed E-state index contributed by atoms with van der Waals surface area (Å²) < 4.78 is 5.47. The molecule has 2 heterocycles. The number of aromatic nitrogens is 1. The zero-order valence-corrected chi connectivity index (χ0v) is 13.2. The van der Waals surface area contributed by atoms with Gasteiger partial charge in [-0.25, -0.2) is 0 Å². The summed E-state index contributed by atoms with van der Waals surface area (Å²) in [7, 11) is 0. The lowest BCUT2D eigenvalue weighted by Gasteiger charge is -2.29. The first-order valence-corrected chi connectivity index (χ1v) is 8.49. The fraction of sp³-hybridized carbons (Fsp3) is 0.474. The molecule has 3 atom stereocenters. The molecule has 2 aromatic rings. The van der Waals surface area contributed by atoms with Gasteiger partial charge in [0.25, 0.3) is 0 Å². The van der Waals surface area contributed by atoms with Gasteiger partial charge in [-0.2, -0.15) is 0 Å². The molecule has 2 bridgehead atoms. The molecule has 2 fully saturated rings. The van der Waals surface area contributed by atoms with Crippen LogP contribution >= 0.6 is 0 Å². The van der Waals surface area contributed by atoms with Crippen LogP contribution in [-0.2, 0) is 17.9 Å². The molecule has 2 aliphatic rings. The highest BCUT2D eigenvalue weighted by Gasteiger charge is 2.44. The number of hydrogen-bond donors (Lipinski definition) is 0. The van der Waals surface area contributed by atoms with E-state index < -0.39 is 0 Å². The van der Waals surface area contributed by atoms with Crippen molar-refractivity contribution in [2.24, 2.45) is 17.8 Å². The maximum absolute atomic E-state index is 13.1. The Balaban J connectivity index is 1.53. The van der Waals surface area contributed by atoms with Crippen LogP contribution in [0.15, 0.2) is 47.3 Å². The topological polar surface area (TPSA) is 46.3 Å². The van der Waals surface area contributed by atoms with Crippen molar-refractivity contribution in [1.82, 2.24) is 9.88 Å². The summed E-state index contributed by atoms with van der Waals surface area (Å²) in [5, 5.41) is 0. The maximum Gasteiger partial charge on any atom is 0.226 e. The summed E-state index contributed by atoms with van der Waals surface area (Å²) in [5.74, 6) is 2.71. The van der Waals surface area contributed by atoms with Gasteiger partial charge in [0.2, 0.25) is 5.91 Å². The quantitative estimate of drug-likeness (QED) is 0.847. The van der Waals surface area contributed by atoms with E-state index in [4.69, 9.17) is 4.42 Å². The molecule has 2 saturated carbocycles. The van der Waals surface area contributed by atoms with Gasteiger partial charge in [-0.3, -0.25) is 9.78 Å². The van der Waals surface area contributed by atoms with Crippen LogP contribution in [0, 0.1) is 17.8 Å². The van der Waals surface area contributed by atoms with Gasteiger partial charge >= 0.3 is 0 Å². The van der Waals surface area contributed by atoms with Gasteiger partial charge in [0.15, 0.2) is 0 Å². The van der Waals surface area contributed by atoms with E-state index in [0.717, 1.165) is 23.7 Å². The van der Waals surface area contributed by atoms with Gasteiger partial charge in [-0.1, -0.05) is 12.5 Å². The summed E-state index contributed by atoms with van der Waals surface area (Å²) in [6, 6.07) is 7.75. The number of fused-ring (bicyclic) bond motifs is 2. The molecule has 0 unspecified atom stereocenters. The Hall–Kier alpha value is -2.10. The van der Waals surface area contributed by atoms with E-state index in [0.29, 0.717) is 19.0 Å². The van der Waals surface area contributed by atoms with Gasteiger partial charge in [0.1, 0.15) is 5.76 Å². The Kier molecular flexibility index (Phi) is 3.90. The van der Waals surface area contributed by atoms with Gasteiger partial charge < -0.3 is 9.32 Å². The van der Waals surface area contributed by atoms with Crippen molar-refractivity contribution in [3.05, 3.63) is 54.2 Å². The van der Waals surface area contributed by atoms with Crippen LogP contribution in [0.4, 0.5) is 0 Å². The van der Waals surface area contributed by atoms with Crippen molar-refractivity contribution < 1.29 is 9.21 Å². The Morgan fingerprint density at radius 3 is 2.83 bits per heavy atom. The highest BCUT2D eigenvalue weighted by Crippen LogP contribution is 2.49. The van der Waals surface area contributed by atoms with Gasteiger partial charge in [0, 0.05) is 24.9 Å². The molecule has 0 spiro atoms. The SMILES string of the molecule is O=C([C@@H]1C[C@H]2CC[C@H]1C2)N(Cc1cccnc1)Cc1ccco1. The molecule has 120 valence electrons. The molecule has 1 amide bonds. The second kappa shape index (κ2) is 6.19. The fourth-order valence-electron chi connectivity index (χ4n) is 4.30. The van der Waals surface area contributed by atoms with Crippen molar-refractivity contribution in [3.8, 4) is 0 Å². The zero-order valence-electron chi connectivity index (χ0n) is 13.2. The minimum atomic E-state index is 0.209. The maximum atomic E-state index is 13.1. The average Bonchev–Trinajstić information content (AvgIpc) is 3.32. The molecule has 2 aromatic heterocycles. The highest BCUT2D eigenvalue weighted by atomic mass is 16.3. The Bertz CT molecular complexity index is 653. The standard InChI is InChI=1S/C19H22N2O2/c22-19(18-10-14-5-6-16(18)9-14)21(13-17-4-2-8-23-17)12-15-3-1-7-20-11-15/h1-4,7-8,11,14,16,18H,5-6,9-10,12-13H2/t14-,16-,18+/m0/s1. The van der Waals surface area contributed by atoms with Crippen LogP contribution in [0.1, 0.15) is 37.0 Å². The molecular formula is C19H22N2O2. The smallest absolute Gasteiger partial charge is 0.226 e. The number of furan rings is 1. The predicted molar refractivity (Wildman–Crippen MR) is 86.1 cm³/mol. The summed E-state index contributed by atoms with van der Waals surface area (Å²) in [6.45, 7) is 1.13. The van der Waals surface area contributed by atoms with Crippen LogP contribution in [0.25, 0.3) is 0 Å². The number of pyridine rings is 1. The number of carbonyl (C=O) groups is 1. The van der Waals surface area contributed by atoms with Gasteiger partial charge in [-0.15, -0.1) is 0 Å². The minimum Gasteiger partial charge on any atom is -0.467 e. The lowest BCUT2D eigenvalue weighted by Crippen LogP contribution is -2.37. The number of amides is 1. The fourth-order valence-corrected chi connectivity index (χ4v) is 4.30. The lowest BCUT2D eigenvalue weighted by molar-refractivity contribution is -0.138.